The molecule has 2 aliphatic heterocycles. The van der Waals surface area contributed by atoms with Crippen LogP contribution in [0.3, 0.4) is 0 Å². The van der Waals surface area contributed by atoms with Gasteiger partial charge in [0, 0.05) is 42.9 Å². The van der Waals surface area contributed by atoms with Crippen molar-refractivity contribution in [2.75, 3.05) is 41.9 Å². The van der Waals surface area contributed by atoms with Crippen LogP contribution in [-0.4, -0.2) is 75.0 Å². The number of carbonyl (C=O) groups excluding carboxylic acids is 2. The van der Waals surface area contributed by atoms with Gasteiger partial charge in [-0.15, -0.1) is 11.6 Å². The molecule has 9 nitrogen and oxygen atoms in total. The first kappa shape index (κ1) is 30.1. The minimum absolute atomic E-state index is 0.0122. The fourth-order valence-corrected chi connectivity index (χ4v) is 6.88. The van der Waals surface area contributed by atoms with Crippen LogP contribution in [-0.2, 0) is 35.0 Å². The summed E-state index contributed by atoms with van der Waals surface area (Å²) in [5.74, 6) is -1.50. The molecule has 208 valence electrons. The van der Waals surface area contributed by atoms with E-state index >= 15 is 0 Å². The van der Waals surface area contributed by atoms with E-state index in [4.69, 9.17) is 16.2 Å². The molecule has 1 saturated heterocycles. The molecular formula is C26H33ClN2O7S2. The summed E-state index contributed by atoms with van der Waals surface area (Å²) in [7, 11) is -7.63. The number of amides is 1. The number of halogens is 1. The summed E-state index contributed by atoms with van der Waals surface area (Å²) in [6, 6.07) is 7.98. The van der Waals surface area contributed by atoms with Crippen molar-refractivity contribution in [1.82, 2.24) is 4.90 Å². The van der Waals surface area contributed by atoms with E-state index in [1.54, 1.807) is 12.2 Å². The summed E-state index contributed by atoms with van der Waals surface area (Å²) >= 11 is 5.74. The molecule has 1 amide bonds. The average molecular weight is 585 g/mol. The van der Waals surface area contributed by atoms with E-state index in [-0.39, 0.29) is 53.0 Å². The molecule has 1 fully saturated rings. The van der Waals surface area contributed by atoms with Gasteiger partial charge >= 0.3 is 0 Å². The first-order valence-electron chi connectivity index (χ1n) is 12.3. The summed E-state index contributed by atoms with van der Waals surface area (Å²) in [5.41, 5.74) is 2.75. The van der Waals surface area contributed by atoms with E-state index < -0.39 is 25.7 Å². The third kappa shape index (κ3) is 7.13. The van der Waals surface area contributed by atoms with Gasteiger partial charge < -0.3 is 9.80 Å². The number of sulfone groups is 1. The molecule has 0 unspecified atom stereocenters. The number of hydrogen-bond donors (Lipinski definition) is 1. The predicted octanol–water partition coefficient (Wildman–Crippen LogP) is 3.23. The van der Waals surface area contributed by atoms with Crippen LogP contribution in [0.25, 0.3) is 0 Å². The Balaban J connectivity index is 1.79. The summed E-state index contributed by atoms with van der Waals surface area (Å²) in [4.78, 5) is 27.7. The number of ketones is 1. The van der Waals surface area contributed by atoms with Crippen LogP contribution in [0.15, 0.2) is 59.2 Å². The number of nitrogens with zero attached hydrogens (tertiary/aromatic N) is 2. The molecule has 1 N–H and O–H groups in total. The smallest absolute Gasteiger partial charge is 0.264 e. The molecule has 0 radical (unpaired) electrons. The van der Waals surface area contributed by atoms with E-state index in [9.17, 15) is 26.4 Å². The standard InChI is InChI=1S/C26H33ClN2O7S2/c1-26(2)20-9-3-4-10-21(20)29(16-7-14-28(25(31)19-27)15-8-17-38(34,35)36)24(26)12-6-5-11-23-22(30)13-18-37(23,32)33/h3-6,9-12H,7-8,13-19H2,1-2H3,(H,34,35,36)/b6-5+,23-11+,24-12+. The van der Waals surface area contributed by atoms with Crippen molar-refractivity contribution in [2.24, 2.45) is 0 Å². The van der Waals surface area contributed by atoms with Crippen molar-refractivity contribution in [3.05, 3.63) is 64.7 Å². The van der Waals surface area contributed by atoms with Gasteiger partial charge in [-0.2, -0.15) is 8.42 Å². The van der Waals surface area contributed by atoms with Crippen LogP contribution in [0, 0.1) is 0 Å². The highest BCUT2D eigenvalue weighted by molar-refractivity contribution is 7.96. The van der Waals surface area contributed by atoms with Crippen LogP contribution >= 0.6 is 11.6 Å². The van der Waals surface area contributed by atoms with Gasteiger partial charge in [0.1, 0.15) is 10.8 Å². The minimum atomic E-state index is -4.11. The SMILES string of the molecule is CC1(C)\C(=C/C=C/C=C2\C(=O)CCS2(=O)=O)N(CCCN(CCCS(=O)(=O)O)C(=O)CCl)c2ccccc21. The molecule has 3 rings (SSSR count). The zero-order valence-electron chi connectivity index (χ0n) is 21.5. The Morgan fingerprint density at radius 1 is 1.16 bits per heavy atom. The second-order valence-corrected chi connectivity index (χ2v) is 13.7. The molecule has 1 aromatic carbocycles. The predicted molar refractivity (Wildman–Crippen MR) is 148 cm³/mol. The topological polar surface area (TPSA) is 129 Å². The van der Waals surface area contributed by atoms with E-state index in [1.807, 2.05) is 24.3 Å². The van der Waals surface area contributed by atoms with Gasteiger partial charge in [-0.25, -0.2) is 8.42 Å². The van der Waals surface area contributed by atoms with Gasteiger partial charge in [0.25, 0.3) is 10.1 Å². The number of rotatable bonds is 11. The molecule has 0 spiro atoms. The normalized spacial score (nSPS) is 20.5. The Labute approximate surface area is 229 Å². The fourth-order valence-electron chi connectivity index (χ4n) is 4.81. The lowest BCUT2D eigenvalue weighted by Gasteiger charge is -2.28. The van der Waals surface area contributed by atoms with Crippen LogP contribution in [0.4, 0.5) is 5.69 Å². The maximum Gasteiger partial charge on any atom is 0.264 e. The van der Waals surface area contributed by atoms with Crippen molar-refractivity contribution in [3.8, 4) is 0 Å². The van der Waals surface area contributed by atoms with E-state index in [2.05, 4.69) is 24.8 Å². The lowest BCUT2D eigenvalue weighted by molar-refractivity contribution is -0.128. The highest BCUT2D eigenvalue weighted by Crippen LogP contribution is 2.47. The Kier molecular flexibility index (Phi) is 9.62. The third-order valence-electron chi connectivity index (χ3n) is 6.73. The lowest BCUT2D eigenvalue weighted by Crippen LogP contribution is -2.36. The molecular weight excluding hydrogens is 552 g/mol. The van der Waals surface area contributed by atoms with Gasteiger partial charge in [0.2, 0.25) is 5.91 Å². The molecule has 1 aromatic rings. The molecule has 0 aliphatic carbocycles. The summed E-state index contributed by atoms with van der Waals surface area (Å²) in [6.45, 7) is 5.25. The molecule has 0 atom stereocenters. The second-order valence-electron chi connectivity index (χ2n) is 9.76. The molecule has 0 saturated carbocycles. The van der Waals surface area contributed by atoms with Crippen LogP contribution in [0.2, 0.25) is 0 Å². The van der Waals surface area contributed by atoms with Crippen LogP contribution in [0.1, 0.15) is 38.7 Å². The lowest BCUT2D eigenvalue weighted by atomic mass is 9.84. The number of allylic oxidation sites excluding steroid dienone is 6. The Bertz CT molecular complexity index is 1380. The van der Waals surface area contributed by atoms with Gasteiger partial charge in [0.15, 0.2) is 15.6 Å². The zero-order valence-corrected chi connectivity index (χ0v) is 23.9. The van der Waals surface area contributed by atoms with Gasteiger partial charge in [-0.3, -0.25) is 14.1 Å². The highest BCUT2D eigenvalue weighted by atomic mass is 35.5. The molecule has 2 aliphatic rings. The van der Waals surface area contributed by atoms with Crippen LogP contribution in [0.5, 0.6) is 0 Å². The van der Waals surface area contributed by atoms with Gasteiger partial charge in [0.05, 0.1) is 11.5 Å². The first-order valence-corrected chi connectivity index (χ1v) is 16.1. The van der Waals surface area contributed by atoms with Crippen molar-refractivity contribution >= 4 is 48.9 Å². The van der Waals surface area contributed by atoms with Crippen molar-refractivity contribution < 1.29 is 31.0 Å². The largest absolute Gasteiger partial charge is 0.344 e. The number of anilines is 1. The van der Waals surface area contributed by atoms with Crippen molar-refractivity contribution in [3.63, 3.8) is 0 Å². The zero-order chi connectivity index (χ0) is 28.1. The first-order chi connectivity index (χ1) is 17.8. The maximum absolute atomic E-state index is 12.3. The summed E-state index contributed by atoms with van der Waals surface area (Å²) in [5, 5.41) is 0. The fraction of sp³-hybridized carbons (Fsp3) is 0.462. The number of carbonyl (C=O) groups is 2. The van der Waals surface area contributed by atoms with Crippen molar-refractivity contribution in [2.45, 2.75) is 38.5 Å². The molecule has 12 heteroatoms. The van der Waals surface area contributed by atoms with Gasteiger partial charge in [-0.1, -0.05) is 44.2 Å². The van der Waals surface area contributed by atoms with E-state index in [0.29, 0.717) is 19.5 Å². The summed E-state index contributed by atoms with van der Waals surface area (Å²) in [6.07, 6.45) is 7.22. The molecule has 0 bridgehead atoms. The van der Waals surface area contributed by atoms with Crippen LogP contribution < -0.4 is 4.90 Å². The molecule has 2 heterocycles. The second kappa shape index (κ2) is 12.1. The highest BCUT2D eigenvalue weighted by Gasteiger charge is 2.39. The van der Waals surface area contributed by atoms with E-state index in [0.717, 1.165) is 16.9 Å². The molecule has 38 heavy (non-hydrogen) atoms. The average Bonchev–Trinajstić information content (AvgIpc) is 3.23. The van der Waals surface area contributed by atoms with Crippen molar-refractivity contribution in [1.29, 1.82) is 0 Å². The quantitative estimate of drug-likeness (QED) is 0.238. The Hall–Kier alpha value is -2.47. The number of fused-ring (bicyclic) bond motifs is 1. The Morgan fingerprint density at radius 3 is 2.45 bits per heavy atom. The number of para-hydroxylation sites is 1. The number of benzene rings is 1. The minimum Gasteiger partial charge on any atom is -0.344 e. The van der Waals surface area contributed by atoms with Gasteiger partial charge in [-0.05, 0) is 36.6 Å². The maximum atomic E-state index is 12.3. The summed E-state index contributed by atoms with van der Waals surface area (Å²) < 4.78 is 55.2. The molecule has 0 aromatic heterocycles. The Morgan fingerprint density at radius 2 is 1.82 bits per heavy atom. The number of Topliss-reactive ketones (excluding diaryl/α,β-unsaturated/α-hetero) is 1. The van der Waals surface area contributed by atoms with E-state index in [1.165, 1.54) is 11.0 Å². The number of hydrogen-bond acceptors (Lipinski definition) is 7. The third-order valence-corrected chi connectivity index (χ3v) is 9.54. The monoisotopic (exact) mass is 584 g/mol. The number of alkyl halides is 1.